The number of para-hydroxylation sites is 1. The summed E-state index contributed by atoms with van der Waals surface area (Å²) in [6.45, 7) is 7.87. The zero-order chi connectivity index (χ0) is 14.0. The minimum Gasteiger partial charge on any atom is -0.483 e. The monoisotopic (exact) mass is 264 g/mol. The molecule has 104 valence electrons. The minimum absolute atomic E-state index is 0.227. The van der Waals surface area contributed by atoms with E-state index in [0.717, 1.165) is 17.7 Å². The number of carbonyl (C=O) groups is 1. The Morgan fingerprint density at radius 2 is 2.21 bits per heavy atom. The van der Waals surface area contributed by atoms with Gasteiger partial charge in [0, 0.05) is 12.0 Å². The second kappa shape index (κ2) is 5.11. The van der Waals surface area contributed by atoms with Crippen molar-refractivity contribution in [2.75, 3.05) is 6.61 Å². The first-order valence-corrected chi connectivity index (χ1v) is 6.57. The van der Waals surface area contributed by atoms with Crippen molar-refractivity contribution in [1.29, 1.82) is 0 Å². The summed E-state index contributed by atoms with van der Waals surface area (Å²) in [5, 5.41) is 0. The molecular formula is C15H20O4. The SMILES string of the molecule is CCOC(=O)C(C)Oc1cccc2c1OC(C)(C)C2. The topological polar surface area (TPSA) is 44.8 Å². The molecular weight excluding hydrogens is 244 g/mol. The number of fused-ring (bicyclic) bond motifs is 1. The van der Waals surface area contributed by atoms with Gasteiger partial charge in [0.05, 0.1) is 6.61 Å². The van der Waals surface area contributed by atoms with Crippen molar-refractivity contribution >= 4 is 5.97 Å². The van der Waals surface area contributed by atoms with Gasteiger partial charge in [0.15, 0.2) is 17.6 Å². The fraction of sp³-hybridized carbons (Fsp3) is 0.533. The molecule has 0 spiro atoms. The van der Waals surface area contributed by atoms with Gasteiger partial charge in [-0.2, -0.15) is 0 Å². The van der Waals surface area contributed by atoms with E-state index in [2.05, 4.69) is 0 Å². The van der Waals surface area contributed by atoms with Gasteiger partial charge < -0.3 is 14.2 Å². The Morgan fingerprint density at radius 3 is 2.89 bits per heavy atom. The summed E-state index contributed by atoms with van der Waals surface area (Å²) >= 11 is 0. The van der Waals surface area contributed by atoms with Crippen LogP contribution in [-0.4, -0.2) is 24.3 Å². The Balaban J connectivity index is 2.15. The highest BCUT2D eigenvalue weighted by Gasteiger charge is 2.33. The highest BCUT2D eigenvalue weighted by atomic mass is 16.6. The molecule has 1 aromatic rings. The van der Waals surface area contributed by atoms with E-state index in [1.807, 2.05) is 32.0 Å². The minimum atomic E-state index is -0.640. The number of hydrogen-bond acceptors (Lipinski definition) is 4. The quantitative estimate of drug-likeness (QED) is 0.784. The second-order valence-corrected chi connectivity index (χ2v) is 5.30. The van der Waals surface area contributed by atoms with Crippen LogP contribution in [0.15, 0.2) is 18.2 Å². The van der Waals surface area contributed by atoms with Gasteiger partial charge in [0.2, 0.25) is 0 Å². The average molecular weight is 264 g/mol. The Hall–Kier alpha value is -1.71. The first kappa shape index (κ1) is 13.7. The molecule has 1 heterocycles. The summed E-state index contributed by atoms with van der Waals surface area (Å²) in [5.41, 5.74) is 0.883. The molecule has 0 aliphatic carbocycles. The van der Waals surface area contributed by atoms with E-state index >= 15 is 0 Å². The summed E-state index contributed by atoms with van der Waals surface area (Å²) < 4.78 is 16.5. The molecule has 0 amide bonds. The van der Waals surface area contributed by atoms with Crippen molar-refractivity contribution in [2.24, 2.45) is 0 Å². The van der Waals surface area contributed by atoms with Crippen LogP contribution in [0.2, 0.25) is 0 Å². The van der Waals surface area contributed by atoms with Gasteiger partial charge in [-0.05, 0) is 33.8 Å². The molecule has 1 atom stereocenters. The van der Waals surface area contributed by atoms with E-state index in [1.54, 1.807) is 13.8 Å². The third-order valence-electron chi connectivity index (χ3n) is 2.98. The highest BCUT2D eigenvalue weighted by Crippen LogP contribution is 2.42. The molecule has 0 N–H and O–H groups in total. The van der Waals surface area contributed by atoms with Crippen molar-refractivity contribution < 1.29 is 19.0 Å². The molecule has 0 bridgehead atoms. The number of rotatable bonds is 4. The van der Waals surface area contributed by atoms with Gasteiger partial charge in [0.25, 0.3) is 0 Å². The number of ether oxygens (including phenoxy) is 3. The molecule has 4 heteroatoms. The number of carbonyl (C=O) groups excluding carboxylic acids is 1. The molecule has 1 aliphatic heterocycles. The maximum atomic E-state index is 11.6. The molecule has 2 rings (SSSR count). The van der Waals surface area contributed by atoms with Crippen molar-refractivity contribution in [3.05, 3.63) is 23.8 Å². The zero-order valence-corrected chi connectivity index (χ0v) is 11.9. The lowest BCUT2D eigenvalue weighted by molar-refractivity contribution is -0.150. The number of esters is 1. The van der Waals surface area contributed by atoms with Gasteiger partial charge in [-0.25, -0.2) is 4.79 Å². The first-order valence-electron chi connectivity index (χ1n) is 6.57. The fourth-order valence-corrected chi connectivity index (χ4v) is 2.18. The predicted molar refractivity (Wildman–Crippen MR) is 71.6 cm³/mol. The van der Waals surface area contributed by atoms with Gasteiger partial charge in [-0.3, -0.25) is 0 Å². The lowest BCUT2D eigenvalue weighted by atomic mass is 10.0. The van der Waals surface area contributed by atoms with Gasteiger partial charge in [-0.1, -0.05) is 12.1 Å². The van der Waals surface area contributed by atoms with E-state index in [4.69, 9.17) is 14.2 Å². The molecule has 4 nitrogen and oxygen atoms in total. The Labute approximate surface area is 113 Å². The Morgan fingerprint density at radius 1 is 1.47 bits per heavy atom. The Kier molecular flexibility index (Phi) is 3.69. The van der Waals surface area contributed by atoms with E-state index in [9.17, 15) is 4.79 Å². The predicted octanol–water partition coefficient (Wildman–Crippen LogP) is 2.73. The van der Waals surface area contributed by atoms with Crippen LogP contribution in [-0.2, 0) is 16.0 Å². The summed E-state index contributed by atoms with van der Waals surface area (Å²) in [6.07, 6.45) is 0.201. The van der Waals surface area contributed by atoms with Crippen LogP contribution in [0.5, 0.6) is 11.5 Å². The van der Waals surface area contributed by atoms with Crippen LogP contribution >= 0.6 is 0 Å². The Bertz CT molecular complexity index is 479. The zero-order valence-electron chi connectivity index (χ0n) is 11.9. The van der Waals surface area contributed by atoms with Crippen LogP contribution in [0.3, 0.4) is 0 Å². The number of hydrogen-bond donors (Lipinski definition) is 0. The first-order chi connectivity index (χ1) is 8.93. The summed E-state index contributed by atoms with van der Waals surface area (Å²) in [6, 6.07) is 5.75. The van der Waals surface area contributed by atoms with Gasteiger partial charge in [-0.15, -0.1) is 0 Å². The normalized spacial score (nSPS) is 17.3. The number of benzene rings is 1. The van der Waals surface area contributed by atoms with Crippen molar-refractivity contribution in [3.63, 3.8) is 0 Å². The van der Waals surface area contributed by atoms with Crippen LogP contribution < -0.4 is 9.47 Å². The molecule has 0 saturated carbocycles. The summed E-state index contributed by atoms with van der Waals surface area (Å²) in [4.78, 5) is 11.6. The third-order valence-corrected chi connectivity index (χ3v) is 2.98. The molecule has 0 fully saturated rings. The molecule has 19 heavy (non-hydrogen) atoms. The van der Waals surface area contributed by atoms with Crippen LogP contribution in [0.25, 0.3) is 0 Å². The molecule has 1 aromatic carbocycles. The van der Waals surface area contributed by atoms with Crippen molar-refractivity contribution in [3.8, 4) is 11.5 Å². The molecule has 1 aliphatic rings. The van der Waals surface area contributed by atoms with Crippen molar-refractivity contribution in [1.82, 2.24) is 0 Å². The van der Waals surface area contributed by atoms with Gasteiger partial charge >= 0.3 is 5.97 Å². The van der Waals surface area contributed by atoms with Crippen LogP contribution in [0, 0.1) is 0 Å². The standard InChI is InChI=1S/C15H20O4/c1-5-17-14(16)10(2)18-12-8-6-7-11-9-15(3,4)19-13(11)12/h6-8,10H,5,9H2,1-4H3. The summed E-state index contributed by atoms with van der Waals surface area (Å²) in [5.74, 6) is 0.977. The highest BCUT2D eigenvalue weighted by molar-refractivity contribution is 5.74. The van der Waals surface area contributed by atoms with Crippen molar-refractivity contribution in [2.45, 2.75) is 45.8 Å². The average Bonchev–Trinajstić information content (AvgIpc) is 2.64. The second-order valence-electron chi connectivity index (χ2n) is 5.30. The molecule has 0 saturated heterocycles. The van der Waals surface area contributed by atoms with Gasteiger partial charge in [0.1, 0.15) is 5.60 Å². The van der Waals surface area contributed by atoms with Crippen LogP contribution in [0.4, 0.5) is 0 Å². The van der Waals surface area contributed by atoms with E-state index in [0.29, 0.717) is 12.4 Å². The lowest BCUT2D eigenvalue weighted by Crippen LogP contribution is -2.27. The summed E-state index contributed by atoms with van der Waals surface area (Å²) in [7, 11) is 0. The van der Waals surface area contributed by atoms with E-state index in [1.165, 1.54) is 0 Å². The van der Waals surface area contributed by atoms with E-state index < -0.39 is 6.10 Å². The largest absolute Gasteiger partial charge is 0.483 e. The lowest BCUT2D eigenvalue weighted by Gasteiger charge is -2.19. The maximum absolute atomic E-state index is 11.6. The van der Waals surface area contributed by atoms with Crippen LogP contribution in [0.1, 0.15) is 33.3 Å². The molecule has 0 aromatic heterocycles. The third kappa shape index (κ3) is 3.00. The smallest absolute Gasteiger partial charge is 0.347 e. The fourth-order valence-electron chi connectivity index (χ4n) is 2.18. The van der Waals surface area contributed by atoms with E-state index in [-0.39, 0.29) is 11.6 Å². The molecule has 1 unspecified atom stereocenters. The maximum Gasteiger partial charge on any atom is 0.347 e. The molecule has 0 radical (unpaired) electrons.